The van der Waals surface area contributed by atoms with Crippen molar-refractivity contribution >= 4 is 39.8 Å². The average molecular weight is 442 g/mol. The van der Waals surface area contributed by atoms with Gasteiger partial charge in [0.05, 0.1) is 17.6 Å². The third kappa shape index (κ3) is 4.72. The van der Waals surface area contributed by atoms with E-state index in [-0.39, 0.29) is 18.4 Å². The van der Waals surface area contributed by atoms with Gasteiger partial charge in [-0.15, -0.1) is 0 Å². The highest BCUT2D eigenvalue weighted by atomic mass is 16.2. The first-order valence-corrected chi connectivity index (χ1v) is 10.7. The predicted octanol–water partition coefficient (Wildman–Crippen LogP) is 4.60. The highest BCUT2D eigenvalue weighted by Crippen LogP contribution is 2.24. The van der Waals surface area contributed by atoms with Crippen molar-refractivity contribution in [3.8, 4) is 0 Å². The van der Waals surface area contributed by atoms with Gasteiger partial charge in [-0.3, -0.25) is 9.59 Å². The molecular formula is C26H27N5O2. The number of para-hydroxylation sites is 2. The lowest BCUT2D eigenvalue weighted by Gasteiger charge is -2.24. The number of anilines is 2. The lowest BCUT2D eigenvalue weighted by Crippen LogP contribution is -2.34. The fourth-order valence-corrected chi connectivity index (χ4v) is 3.86. The minimum Gasteiger partial charge on any atom is -0.353 e. The maximum Gasteiger partial charge on any atom is 0.247 e. The second-order valence-corrected chi connectivity index (χ2v) is 8.11. The second kappa shape index (κ2) is 9.16. The maximum atomic E-state index is 13.7. The van der Waals surface area contributed by atoms with Crippen LogP contribution in [-0.2, 0) is 29.7 Å². The molecular weight excluding hydrogens is 414 g/mol. The summed E-state index contributed by atoms with van der Waals surface area (Å²) in [5.41, 5.74) is 4.96. The van der Waals surface area contributed by atoms with Crippen LogP contribution < -0.4 is 10.2 Å². The van der Waals surface area contributed by atoms with Crippen molar-refractivity contribution < 1.29 is 9.59 Å². The number of hydrogen-bond acceptors (Lipinski definition) is 3. The summed E-state index contributed by atoms with van der Waals surface area (Å²) in [5, 5.41) is 2.76. The van der Waals surface area contributed by atoms with Crippen LogP contribution in [0.25, 0.3) is 16.6 Å². The van der Waals surface area contributed by atoms with Crippen LogP contribution in [0.15, 0.2) is 73.4 Å². The van der Waals surface area contributed by atoms with Crippen molar-refractivity contribution in [1.82, 2.24) is 14.1 Å². The second-order valence-electron chi connectivity index (χ2n) is 8.11. The smallest absolute Gasteiger partial charge is 0.247 e. The monoisotopic (exact) mass is 441 g/mol. The summed E-state index contributed by atoms with van der Waals surface area (Å²) in [5.74, 6) is 0.484. The fourth-order valence-electron chi connectivity index (χ4n) is 3.86. The molecule has 4 aromatic rings. The number of rotatable bonds is 7. The number of imidazole rings is 1. The Kier molecular flexibility index (Phi) is 6.13. The van der Waals surface area contributed by atoms with Gasteiger partial charge < -0.3 is 19.4 Å². The Hall–Kier alpha value is -4.13. The molecule has 7 heteroatoms. The lowest BCUT2D eigenvalue weighted by molar-refractivity contribution is -0.119. The van der Waals surface area contributed by atoms with E-state index in [2.05, 4.69) is 16.9 Å². The third-order valence-electron chi connectivity index (χ3n) is 5.50. The van der Waals surface area contributed by atoms with Gasteiger partial charge in [-0.05, 0) is 61.0 Å². The zero-order chi connectivity index (χ0) is 23.5. The summed E-state index contributed by atoms with van der Waals surface area (Å²) >= 11 is 0. The van der Waals surface area contributed by atoms with Gasteiger partial charge in [0, 0.05) is 37.2 Å². The van der Waals surface area contributed by atoms with Crippen LogP contribution >= 0.6 is 0 Å². The zero-order valence-corrected chi connectivity index (χ0v) is 19.1. The number of carbonyl (C=O) groups excluding carboxylic acids is 2. The molecule has 2 heterocycles. The first-order chi connectivity index (χ1) is 15.8. The number of fused-ring (bicyclic) bond motifs is 1. The molecule has 0 unspecified atom stereocenters. The summed E-state index contributed by atoms with van der Waals surface area (Å²) in [6, 6.07) is 19.0. The van der Waals surface area contributed by atoms with Gasteiger partial charge in [-0.1, -0.05) is 18.7 Å². The van der Waals surface area contributed by atoms with Crippen molar-refractivity contribution in [2.75, 3.05) is 10.2 Å². The van der Waals surface area contributed by atoms with Gasteiger partial charge >= 0.3 is 0 Å². The molecule has 0 saturated carbocycles. The Morgan fingerprint density at radius 2 is 1.76 bits per heavy atom. The molecule has 0 atom stereocenters. The zero-order valence-electron chi connectivity index (χ0n) is 19.1. The molecule has 168 valence electrons. The summed E-state index contributed by atoms with van der Waals surface area (Å²) in [6.07, 6.45) is 1.96. The van der Waals surface area contributed by atoms with Crippen molar-refractivity contribution in [3.63, 3.8) is 0 Å². The van der Waals surface area contributed by atoms with Gasteiger partial charge in [-0.2, -0.15) is 0 Å². The number of aromatic nitrogens is 3. The van der Waals surface area contributed by atoms with E-state index < -0.39 is 0 Å². The predicted molar refractivity (Wildman–Crippen MR) is 132 cm³/mol. The summed E-state index contributed by atoms with van der Waals surface area (Å²) in [7, 11) is 1.96. The largest absolute Gasteiger partial charge is 0.353 e. The van der Waals surface area contributed by atoms with Crippen LogP contribution in [0.2, 0.25) is 0 Å². The van der Waals surface area contributed by atoms with E-state index in [1.165, 1.54) is 6.92 Å². The van der Waals surface area contributed by atoms with Crippen molar-refractivity contribution in [1.29, 1.82) is 0 Å². The molecule has 0 aliphatic rings. The molecule has 0 saturated heterocycles. The standard InChI is InChI=1S/C26H27N5O2/c1-18(2)26-28-23-9-5-6-10-24(23)31(26)17-25(33)30(16-22-8-7-15-29(22)4)21-13-11-20(12-14-21)27-19(3)32/h5-15H,1,16-17H2,2-4H3,(H,27,32). The fraction of sp³-hybridized carbons (Fsp3) is 0.192. The topological polar surface area (TPSA) is 72.2 Å². The van der Waals surface area contributed by atoms with Crippen LogP contribution in [0.1, 0.15) is 25.4 Å². The molecule has 2 aromatic carbocycles. The third-order valence-corrected chi connectivity index (χ3v) is 5.50. The van der Waals surface area contributed by atoms with Gasteiger partial charge in [0.1, 0.15) is 12.4 Å². The number of nitrogens with zero attached hydrogens (tertiary/aromatic N) is 4. The minimum atomic E-state index is -0.140. The van der Waals surface area contributed by atoms with E-state index in [0.717, 1.165) is 28.0 Å². The number of amides is 2. The number of aryl methyl sites for hydroxylation is 1. The Morgan fingerprint density at radius 1 is 1.03 bits per heavy atom. The SMILES string of the molecule is C=C(C)c1nc2ccccc2n1CC(=O)N(Cc1cccn1C)c1ccc(NC(C)=O)cc1. The quantitative estimate of drug-likeness (QED) is 0.456. The van der Waals surface area contributed by atoms with Crippen LogP contribution in [0, 0.1) is 0 Å². The molecule has 1 N–H and O–H groups in total. The van der Waals surface area contributed by atoms with Crippen LogP contribution in [-0.4, -0.2) is 25.9 Å². The van der Waals surface area contributed by atoms with Gasteiger partial charge in [0.25, 0.3) is 0 Å². The van der Waals surface area contributed by atoms with Crippen LogP contribution in [0.4, 0.5) is 11.4 Å². The Morgan fingerprint density at radius 3 is 2.39 bits per heavy atom. The molecule has 7 nitrogen and oxygen atoms in total. The van der Waals surface area contributed by atoms with Gasteiger partial charge in [-0.25, -0.2) is 4.98 Å². The van der Waals surface area contributed by atoms with Crippen LogP contribution in [0.3, 0.4) is 0 Å². The molecule has 2 amide bonds. The van der Waals surface area contributed by atoms with E-state index in [1.807, 2.05) is 77.8 Å². The van der Waals surface area contributed by atoms with E-state index in [1.54, 1.807) is 17.0 Å². The Labute approximate surface area is 193 Å². The highest BCUT2D eigenvalue weighted by Gasteiger charge is 2.21. The highest BCUT2D eigenvalue weighted by molar-refractivity contribution is 5.95. The summed E-state index contributed by atoms with van der Waals surface area (Å²) < 4.78 is 3.92. The van der Waals surface area contributed by atoms with E-state index >= 15 is 0 Å². The molecule has 0 aliphatic carbocycles. The molecule has 0 aliphatic heterocycles. The lowest BCUT2D eigenvalue weighted by atomic mass is 10.2. The number of hydrogen-bond donors (Lipinski definition) is 1. The molecule has 2 aromatic heterocycles. The number of allylic oxidation sites excluding steroid dienone is 1. The van der Waals surface area contributed by atoms with Crippen molar-refractivity contribution in [2.24, 2.45) is 7.05 Å². The van der Waals surface area contributed by atoms with Gasteiger partial charge in [0.15, 0.2) is 0 Å². The van der Waals surface area contributed by atoms with Crippen molar-refractivity contribution in [3.05, 3.63) is 85.0 Å². The number of carbonyl (C=O) groups is 2. The molecule has 0 fully saturated rings. The van der Waals surface area contributed by atoms with E-state index in [4.69, 9.17) is 0 Å². The normalized spacial score (nSPS) is 10.9. The Bertz CT molecular complexity index is 1330. The van der Waals surface area contributed by atoms with E-state index in [0.29, 0.717) is 18.1 Å². The van der Waals surface area contributed by atoms with Crippen molar-refractivity contribution in [2.45, 2.75) is 26.9 Å². The van der Waals surface area contributed by atoms with E-state index in [9.17, 15) is 9.59 Å². The molecule has 0 radical (unpaired) electrons. The molecule has 0 spiro atoms. The number of nitrogens with one attached hydrogen (secondary N) is 1. The summed E-state index contributed by atoms with van der Waals surface area (Å²) in [4.78, 5) is 31.5. The molecule has 4 rings (SSSR count). The van der Waals surface area contributed by atoms with Crippen LogP contribution in [0.5, 0.6) is 0 Å². The summed E-state index contributed by atoms with van der Waals surface area (Å²) in [6.45, 7) is 7.95. The van der Waals surface area contributed by atoms with Gasteiger partial charge in [0.2, 0.25) is 11.8 Å². The Balaban J connectivity index is 1.70. The average Bonchev–Trinajstić information content (AvgIpc) is 3.36. The minimum absolute atomic E-state index is 0.0749. The molecule has 0 bridgehead atoms. The maximum absolute atomic E-state index is 13.7. The molecule has 33 heavy (non-hydrogen) atoms. The number of benzene rings is 2. The first kappa shape index (κ1) is 22.1. The first-order valence-electron chi connectivity index (χ1n) is 10.7.